The van der Waals surface area contributed by atoms with E-state index in [9.17, 15) is 4.79 Å². The summed E-state index contributed by atoms with van der Waals surface area (Å²) < 4.78 is 7.28. The number of aromatic nitrogens is 2. The van der Waals surface area contributed by atoms with Crippen LogP contribution in [0.1, 0.15) is 38.8 Å². The zero-order valence-electron chi connectivity index (χ0n) is 14.4. The van der Waals surface area contributed by atoms with Crippen LogP contribution in [0.25, 0.3) is 0 Å². The van der Waals surface area contributed by atoms with Gasteiger partial charge in [0.2, 0.25) is 0 Å². The third-order valence-electron chi connectivity index (χ3n) is 4.04. The van der Waals surface area contributed by atoms with Gasteiger partial charge in [-0.2, -0.15) is 5.10 Å². The van der Waals surface area contributed by atoms with Crippen molar-refractivity contribution >= 4 is 11.6 Å². The first-order valence-corrected chi connectivity index (χ1v) is 7.91. The van der Waals surface area contributed by atoms with Gasteiger partial charge in [0, 0.05) is 0 Å². The molecule has 24 heavy (non-hydrogen) atoms. The first-order valence-electron chi connectivity index (χ1n) is 7.91. The lowest BCUT2D eigenvalue weighted by atomic mass is 10.1. The van der Waals surface area contributed by atoms with Crippen LogP contribution in [-0.2, 0) is 6.54 Å². The number of hydrogen-bond acceptors (Lipinski definition) is 3. The summed E-state index contributed by atoms with van der Waals surface area (Å²) in [4.78, 5) is 12.3. The molecule has 0 bridgehead atoms. The maximum absolute atomic E-state index is 12.3. The SMILES string of the molecule is Cc1ccc(Cn2nc(C)c(NC(=O)c3ccc(C)o3)c2C)cc1. The van der Waals surface area contributed by atoms with Gasteiger partial charge >= 0.3 is 0 Å². The highest BCUT2D eigenvalue weighted by Crippen LogP contribution is 2.22. The predicted molar refractivity (Wildman–Crippen MR) is 93.4 cm³/mol. The molecule has 0 unspecified atom stereocenters. The van der Waals surface area contributed by atoms with Gasteiger partial charge in [0.1, 0.15) is 5.76 Å². The van der Waals surface area contributed by atoms with Crippen LogP contribution in [-0.4, -0.2) is 15.7 Å². The molecule has 0 aliphatic heterocycles. The van der Waals surface area contributed by atoms with E-state index in [1.165, 1.54) is 11.1 Å². The number of rotatable bonds is 4. The highest BCUT2D eigenvalue weighted by atomic mass is 16.3. The fourth-order valence-corrected chi connectivity index (χ4v) is 2.63. The molecule has 1 aromatic carbocycles. The summed E-state index contributed by atoms with van der Waals surface area (Å²) in [7, 11) is 0. The Kier molecular flexibility index (Phi) is 4.25. The topological polar surface area (TPSA) is 60.1 Å². The molecular weight excluding hydrogens is 302 g/mol. The van der Waals surface area contributed by atoms with Crippen molar-refractivity contribution in [1.29, 1.82) is 0 Å². The maximum Gasteiger partial charge on any atom is 0.291 e. The number of furan rings is 1. The van der Waals surface area contributed by atoms with E-state index >= 15 is 0 Å². The average Bonchev–Trinajstić information content (AvgIpc) is 3.09. The van der Waals surface area contributed by atoms with Crippen LogP contribution >= 0.6 is 0 Å². The molecule has 0 saturated heterocycles. The van der Waals surface area contributed by atoms with E-state index < -0.39 is 0 Å². The number of nitrogens with zero attached hydrogens (tertiary/aromatic N) is 2. The van der Waals surface area contributed by atoms with E-state index in [0.717, 1.165) is 17.1 Å². The van der Waals surface area contributed by atoms with Gasteiger partial charge in [-0.15, -0.1) is 0 Å². The van der Waals surface area contributed by atoms with Crippen molar-refractivity contribution in [1.82, 2.24) is 9.78 Å². The van der Waals surface area contributed by atoms with Gasteiger partial charge in [-0.1, -0.05) is 29.8 Å². The maximum atomic E-state index is 12.3. The summed E-state index contributed by atoms with van der Waals surface area (Å²) in [6, 6.07) is 11.8. The summed E-state index contributed by atoms with van der Waals surface area (Å²) >= 11 is 0. The number of amides is 1. The molecule has 0 spiro atoms. The van der Waals surface area contributed by atoms with Crippen molar-refractivity contribution in [2.75, 3.05) is 5.32 Å². The Bertz CT molecular complexity index is 873. The second-order valence-electron chi connectivity index (χ2n) is 6.05. The first kappa shape index (κ1) is 16.1. The van der Waals surface area contributed by atoms with E-state index in [0.29, 0.717) is 18.1 Å². The second kappa shape index (κ2) is 6.35. The molecule has 1 amide bonds. The Hall–Kier alpha value is -2.82. The molecule has 5 nitrogen and oxygen atoms in total. The van der Waals surface area contributed by atoms with Gasteiger partial charge in [0.25, 0.3) is 5.91 Å². The summed E-state index contributed by atoms with van der Waals surface area (Å²) in [5, 5.41) is 7.46. The van der Waals surface area contributed by atoms with Crippen LogP contribution in [0.4, 0.5) is 5.69 Å². The summed E-state index contributed by atoms with van der Waals surface area (Å²) in [5.41, 5.74) is 4.85. The van der Waals surface area contributed by atoms with Gasteiger partial charge in [-0.05, 0) is 45.4 Å². The van der Waals surface area contributed by atoms with E-state index in [1.54, 1.807) is 12.1 Å². The molecule has 0 atom stereocenters. The molecule has 5 heteroatoms. The van der Waals surface area contributed by atoms with Crippen molar-refractivity contribution in [2.45, 2.75) is 34.2 Å². The van der Waals surface area contributed by atoms with Crippen molar-refractivity contribution in [3.63, 3.8) is 0 Å². The Labute approximate surface area is 141 Å². The lowest BCUT2D eigenvalue weighted by molar-refractivity contribution is 0.0995. The van der Waals surface area contributed by atoms with E-state index in [2.05, 4.69) is 41.6 Å². The Morgan fingerprint density at radius 2 is 1.79 bits per heavy atom. The highest BCUT2D eigenvalue weighted by molar-refractivity contribution is 6.02. The van der Waals surface area contributed by atoms with Crippen molar-refractivity contribution in [3.05, 3.63) is 70.4 Å². The lowest BCUT2D eigenvalue weighted by Crippen LogP contribution is -2.12. The molecular formula is C19H21N3O2. The predicted octanol–water partition coefficient (Wildman–Crippen LogP) is 4.01. The number of carbonyl (C=O) groups excluding carboxylic acids is 1. The third-order valence-corrected chi connectivity index (χ3v) is 4.04. The van der Waals surface area contributed by atoms with Gasteiger partial charge in [0.05, 0.1) is 23.6 Å². The van der Waals surface area contributed by atoms with Crippen molar-refractivity contribution < 1.29 is 9.21 Å². The molecule has 0 saturated carbocycles. The van der Waals surface area contributed by atoms with Gasteiger partial charge < -0.3 is 9.73 Å². The van der Waals surface area contributed by atoms with E-state index in [-0.39, 0.29) is 5.91 Å². The molecule has 3 aromatic rings. The van der Waals surface area contributed by atoms with Crippen LogP contribution in [0.15, 0.2) is 40.8 Å². The first-order chi connectivity index (χ1) is 11.4. The smallest absolute Gasteiger partial charge is 0.291 e. The zero-order chi connectivity index (χ0) is 17.3. The van der Waals surface area contributed by atoms with Crippen LogP contribution < -0.4 is 5.32 Å². The fraction of sp³-hybridized carbons (Fsp3) is 0.263. The van der Waals surface area contributed by atoms with E-state index in [4.69, 9.17) is 4.42 Å². The standard InChI is InChI=1S/C19H21N3O2/c1-12-5-8-16(9-6-12)11-22-15(4)18(14(3)21-22)20-19(23)17-10-7-13(2)24-17/h5-10H,11H2,1-4H3,(H,20,23). The minimum Gasteiger partial charge on any atom is -0.456 e. The normalized spacial score (nSPS) is 10.8. The lowest BCUT2D eigenvalue weighted by Gasteiger charge is -2.07. The van der Waals surface area contributed by atoms with Gasteiger partial charge in [-0.3, -0.25) is 9.48 Å². The highest BCUT2D eigenvalue weighted by Gasteiger charge is 2.17. The minimum absolute atomic E-state index is 0.260. The largest absolute Gasteiger partial charge is 0.456 e. The minimum atomic E-state index is -0.260. The third kappa shape index (κ3) is 3.25. The Balaban J connectivity index is 1.81. The molecule has 2 aromatic heterocycles. The van der Waals surface area contributed by atoms with Crippen LogP contribution in [0.2, 0.25) is 0 Å². The molecule has 124 valence electrons. The number of carbonyl (C=O) groups is 1. The van der Waals surface area contributed by atoms with Crippen LogP contribution in [0.3, 0.4) is 0 Å². The molecule has 0 aliphatic rings. The monoisotopic (exact) mass is 323 g/mol. The molecule has 1 N–H and O–H groups in total. The zero-order valence-corrected chi connectivity index (χ0v) is 14.4. The van der Waals surface area contributed by atoms with Gasteiger partial charge in [0.15, 0.2) is 5.76 Å². The average molecular weight is 323 g/mol. The molecule has 0 radical (unpaired) electrons. The number of aryl methyl sites for hydroxylation is 3. The molecule has 2 heterocycles. The van der Waals surface area contributed by atoms with Crippen molar-refractivity contribution in [3.8, 4) is 0 Å². The quantitative estimate of drug-likeness (QED) is 0.789. The van der Waals surface area contributed by atoms with Crippen molar-refractivity contribution in [2.24, 2.45) is 0 Å². The summed E-state index contributed by atoms with van der Waals surface area (Å²) in [6.45, 7) is 8.39. The number of hydrogen-bond donors (Lipinski definition) is 1. The number of anilines is 1. The number of nitrogens with one attached hydrogen (secondary N) is 1. The summed E-state index contributed by atoms with van der Waals surface area (Å²) in [6.07, 6.45) is 0. The van der Waals surface area contributed by atoms with E-state index in [1.807, 2.05) is 25.5 Å². The fourth-order valence-electron chi connectivity index (χ4n) is 2.63. The Morgan fingerprint density at radius 3 is 2.42 bits per heavy atom. The molecule has 0 aliphatic carbocycles. The molecule has 0 fully saturated rings. The van der Waals surface area contributed by atoms with Crippen LogP contribution in [0, 0.1) is 27.7 Å². The Morgan fingerprint density at radius 1 is 1.08 bits per heavy atom. The van der Waals surface area contributed by atoms with Crippen LogP contribution in [0.5, 0.6) is 0 Å². The second-order valence-corrected chi connectivity index (χ2v) is 6.05. The summed E-state index contributed by atoms with van der Waals surface area (Å²) in [5.74, 6) is 0.755. The molecule has 3 rings (SSSR count). The van der Waals surface area contributed by atoms with Gasteiger partial charge in [-0.25, -0.2) is 0 Å². The number of benzene rings is 1.